The molecule has 0 unspecified atom stereocenters. The van der Waals surface area contributed by atoms with Crippen LogP contribution < -0.4 is 5.32 Å². The third-order valence-corrected chi connectivity index (χ3v) is 7.16. The average Bonchev–Trinajstić information content (AvgIpc) is 2.78. The lowest BCUT2D eigenvalue weighted by Gasteiger charge is -2.43. The zero-order chi connectivity index (χ0) is 27.1. The fraction of sp³-hybridized carbons (Fsp3) is 0.821. The van der Waals surface area contributed by atoms with Crippen LogP contribution >= 0.6 is 0 Å². The summed E-state index contributed by atoms with van der Waals surface area (Å²) in [6.07, 6.45) is 4.74. The van der Waals surface area contributed by atoms with Gasteiger partial charge in [0.1, 0.15) is 6.04 Å². The minimum absolute atomic E-state index is 0.0744. The maximum atomic E-state index is 13.8. The Hall–Kier alpha value is -1.89. The normalized spacial score (nSPS) is 21.6. The number of hydrogen-bond donors (Lipinski definition) is 1. The lowest BCUT2D eigenvalue weighted by molar-refractivity contribution is -0.142. The summed E-state index contributed by atoms with van der Waals surface area (Å²) in [7, 11) is 1.75. The molecule has 0 saturated carbocycles. The van der Waals surface area contributed by atoms with Crippen molar-refractivity contribution in [2.45, 2.75) is 113 Å². The predicted molar refractivity (Wildman–Crippen MR) is 142 cm³/mol. The van der Waals surface area contributed by atoms with Crippen LogP contribution in [0, 0.1) is 17.3 Å². The fourth-order valence-electron chi connectivity index (χ4n) is 4.82. The van der Waals surface area contributed by atoms with E-state index < -0.39 is 11.5 Å². The van der Waals surface area contributed by atoms with Crippen LogP contribution in [0.4, 0.5) is 0 Å². The molecule has 202 valence electrons. The number of rotatable bonds is 10. The van der Waals surface area contributed by atoms with Gasteiger partial charge in [0.05, 0.1) is 18.7 Å². The standard InChI is InChI=1S/C28H51N3O4/c1-12-21-14-15-22(31(17-21)19(5)6)25(32)29-24(28(8,9)10)26(33)30(11)23(18(3)4)16-20(7)27(34)35-13-2/h16,18-19,21-24H,12-15,17H2,1-11H3,(H,29,32)/b20-16+/t21-,22-,23+,24+/m0/s1. The Balaban J connectivity index is 3.17. The van der Waals surface area contributed by atoms with Crippen LogP contribution in [0.1, 0.15) is 88.5 Å². The lowest BCUT2D eigenvalue weighted by atomic mass is 9.84. The molecule has 35 heavy (non-hydrogen) atoms. The van der Waals surface area contributed by atoms with E-state index in [1.165, 1.54) is 0 Å². The molecule has 0 aromatic rings. The van der Waals surface area contributed by atoms with E-state index in [0.29, 0.717) is 18.1 Å². The molecule has 1 aliphatic rings. The molecule has 4 atom stereocenters. The van der Waals surface area contributed by atoms with E-state index in [4.69, 9.17) is 4.74 Å². The maximum Gasteiger partial charge on any atom is 0.333 e. The number of likely N-dealkylation sites (tertiary alicyclic amines) is 1. The molecule has 0 bridgehead atoms. The van der Waals surface area contributed by atoms with Gasteiger partial charge >= 0.3 is 5.97 Å². The second-order valence-electron chi connectivity index (χ2n) is 11.7. The first-order chi connectivity index (χ1) is 16.1. The number of ether oxygens (including phenoxy) is 1. The number of piperidine rings is 1. The Labute approximate surface area is 214 Å². The van der Waals surface area contributed by atoms with Gasteiger partial charge < -0.3 is 15.0 Å². The Kier molecular flexibility index (Phi) is 11.9. The summed E-state index contributed by atoms with van der Waals surface area (Å²) in [5.41, 5.74) is -0.00655. The van der Waals surface area contributed by atoms with Gasteiger partial charge in [-0.25, -0.2) is 4.79 Å². The van der Waals surface area contributed by atoms with Crippen molar-refractivity contribution in [3.63, 3.8) is 0 Å². The van der Waals surface area contributed by atoms with Crippen LogP contribution in [0.2, 0.25) is 0 Å². The molecule has 1 fully saturated rings. The van der Waals surface area contributed by atoms with Gasteiger partial charge in [-0.3, -0.25) is 14.5 Å². The van der Waals surface area contributed by atoms with E-state index >= 15 is 0 Å². The van der Waals surface area contributed by atoms with Crippen molar-refractivity contribution in [1.29, 1.82) is 0 Å². The average molecular weight is 494 g/mol. The second-order valence-corrected chi connectivity index (χ2v) is 11.7. The molecule has 7 heteroatoms. The monoisotopic (exact) mass is 493 g/mol. The smallest absolute Gasteiger partial charge is 0.333 e. The van der Waals surface area contributed by atoms with Gasteiger partial charge in [0.15, 0.2) is 0 Å². The van der Waals surface area contributed by atoms with Gasteiger partial charge in [-0.1, -0.05) is 54.0 Å². The number of likely N-dealkylation sites (N-methyl/N-ethyl adjacent to an activating group) is 1. The number of esters is 1. The Morgan fingerprint density at radius 1 is 1.11 bits per heavy atom. The SMILES string of the molecule is CCOC(=O)/C(C)=C/[C@H](C(C)C)N(C)C(=O)[C@@H](NC(=O)[C@@H]1CC[C@H](CC)CN1C(C)C)C(C)(C)C. The highest BCUT2D eigenvalue weighted by Crippen LogP contribution is 2.28. The molecule has 1 saturated heterocycles. The molecule has 0 radical (unpaired) electrons. The van der Waals surface area contributed by atoms with E-state index in [1.807, 2.05) is 34.6 Å². The van der Waals surface area contributed by atoms with Crippen molar-refractivity contribution >= 4 is 17.8 Å². The van der Waals surface area contributed by atoms with E-state index in [9.17, 15) is 14.4 Å². The summed E-state index contributed by atoms with van der Waals surface area (Å²) in [6.45, 7) is 21.1. The topological polar surface area (TPSA) is 79.0 Å². The molecule has 1 rings (SSSR count). The lowest BCUT2D eigenvalue weighted by Crippen LogP contribution is -2.61. The highest BCUT2D eigenvalue weighted by Gasteiger charge is 2.40. The maximum absolute atomic E-state index is 13.8. The summed E-state index contributed by atoms with van der Waals surface area (Å²) in [5, 5.41) is 3.13. The number of amides is 2. The van der Waals surface area contributed by atoms with Crippen molar-refractivity contribution < 1.29 is 19.1 Å². The van der Waals surface area contributed by atoms with Crippen LogP contribution in [-0.4, -0.2) is 72.0 Å². The highest BCUT2D eigenvalue weighted by atomic mass is 16.5. The molecule has 1 N–H and O–H groups in total. The van der Waals surface area contributed by atoms with Crippen molar-refractivity contribution in [1.82, 2.24) is 15.1 Å². The molecule has 0 aromatic heterocycles. The second kappa shape index (κ2) is 13.4. The Bertz CT molecular complexity index is 754. The van der Waals surface area contributed by atoms with Crippen LogP contribution in [0.3, 0.4) is 0 Å². The largest absolute Gasteiger partial charge is 0.463 e. The molecular formula is C28H51N3O4. The van der Waals surface area contributed by atoms with Gasteiger partial charge in [0, 0.05) is 25.2 Å². The summed E-state index contributed by atoms with van der Waals surface area (Å²) in [6, 6.07) is -0.961. The van der Waals surface area contributed by atoms with Crippen molar-refractivity contribution in [2.24, 2.45) is 17.3 Å². The number of hydrogen-bond acceptors (Lipinski definition) is 5. The number of nitrogens with one attached hydrogen (secondary N) is 1. The first kappa shape index (κ1) is 31.1. The third kappa shape index (κ3) is 8.62. The fourth-order valence-corrected chi connectivity index (χ4v) is 4.82. The molecule has 2 amide bonds. The van der Waals surface area contributed by atoms with Gasteiger partial charge in [0.25, 0.3) is 0 Å². The predicted octanol–water partition coefficient (Wildman–Crippen LogP) is 4.41. The molecule has 7 nitrogen and oxygen atoms in total. The van der Waals surface area contributed by atoms with E-state index in [0.717, 1.165) is 25.8 Å². The molecule has 0 aromatic carbocycles. The van der Waals surface area contributed by atoms with Gasteiger partial charge in [-0.2, -0.15) is 0 Å². The first-order valence-electron chi connectivity index (χ1n) is 13.3. The Morgan fingerprint density at radius 2 is 1.71 bits per heavy atom. The minimum Gasteiger partial charge on any atom is -0.463 e. The van der Waals surface area contributed by atoms with Crippen LogP contribution in [0.5, 0.6) is 0 Å². The van der Waals surface area contributed by atoms with E-state index in [1.54, 1.807) is 31.9 Å². The Morgan fingerprint density at radius 3 is 2.17 bits per heavy atom. The molecule has 1 heterocycles. The number of carbonyl (C=O) groups excluding carboxylic acids is 3. The van der Waals surface area contributed by atoms with Crippen molar-refractivity contribution in [3.8, 4) is 0 Å². The van der Waals surface area contributed by atoms with E-state index in [-0.39, 0.29) is 41.8 Å². The molecular weight excluding hydrogens is 442 g/mol. The summed E-state index contributed by atoms with van der Waals surface area (Å²) in [4.78, 5) is 43.5. The third-order valence-electron chi connectivity index (χ3n) is 7.16. The van der Waals surface area contributed by atoms with E-state index in [2.05, 4.69) is 31.0 Å². The van der Waals surface area contributed by atoms with Crippen molar-refractivity contribution in [3.05, 3.63) is 11.6 Å². The van der Waals surface area contributed by atoms with Crippen LogP contribution in [0.15, 0.2) is 11.6 Å². The number of nitrogens with zero attached hydrogens (tertiary/aromatic N) is 2. The minimum atomic E-state index is -0.685. The number of carbonyl (C=O) groups is 3. The van der Waals surface area contributed by atoms with Crippen LogP contribution in [-0.2, 0) is 19.1 Å². The molecule has 1 aliphatic heterocycles. The summed E-state index contributed by atoms with van der Waals surface area (Å²) in [5.74, 6) is 0.0699. The van der Waals surface area contributed by atoms with Crippen LogP contribution in [0.25, 0.3) is 0 Å². The highest BCUT2D eigenvalue weighted by molar-refractivity contribution is 5.91. The zero-order valence-electron chi connectivity index (χ0n) is 24.1. The van der Waals surface area contributed by atoms with Crippen molar-refractivity contribution in [2.75, 3.05) is 20.2 Å². The summed E-state index contributed by atoms with van der Waals surface area (Å²) < 4.78 is 5.12. The zero-order valence-corrected chi connectivity index (χ0v) is 24.1. The van der Waals surface area contributed by atoms with Gasteiger partial charge in [0.2, 0.25) is 11.8 Å². The van der Waals surface area contributed by atoms with Gasteiger partial charge in [-0.05, 0) is 57.8 Å². The molecule has 0 aliphatic carbocycles. The van der Waals surface area contributed by atoms with Gasteiger partial charge in [-0.15, -0.1) is 0 Å². The molecule has 0 spiro atoms. The summed E-state index contributed by atoms with van der Waals surface area (Å²) >= 11 is 0. The quantitative estimate of drug-likeness (QED) is 0.360. The first-order valence-corrected chi connectivity index (χ1v) is 13.3.